The van der Waals surface area contributed by atoms with Crippen molar-refractivity contribution in [1.29, 1.82) is 0 Å². The fraction of sp³-hybridized carbons (Fsp3) is 0.0714. The van der Waals surface area contributed by atoms with E-state index in [1.165, 1.54) is 42.4 Å². The van der Waals surface area contributed by atoms with E-state index in [1.54, 1.807) is 12.1 Å². The van der Waals surface area contributed by atoms with Crippen LogP contribution in [0.2, 0.25) is 0 Å². The van der Waals surface area contributed by atoms with Crippen molar-refractivity contribution in [3.05, 3.63) is 53.9 Å². The van der Waals surface area contributed by atoms with Crippen LogP contribution in [0.5, 0.6) is 5.75 Å². The SMILES string of the molecule is CN(C(=O)c1ncccc1C(=O)O)c1cccc(O)c1. The summed E-state index contributed by atoms with van der Waals surface area (Å²) in [6, 6.07) is 8.87. The lowest BCUT2D eigenvalue weighted by molar-refractivity contribution is 0.0691. The second kappa shape index (κ2) is 5.40. The summed E-state index contributed by atoms with van der Waals surface area (Å²) < 4.78 is 0. The topological polar surface area (TPSA) is 90.7 Å². The van der Waals surface area contributed by atoms with Crippen LogP contribution in [0.4, 0.5) is 5.69 Å². The maximum Gasteiger partial charge on any atom is 0.338 e. The third-order valence-electron chi connectivity index (χ3n) is 2.76. The minimum Gasteiger partial charge on any atom is -0.508 e. The van der Waals surface area contributed by atoms with Gasteiger partial charge in [0.15, 0.2) is 0 Å². The fourth-order valence-electron chi connectivity index (χ4n) is 1.73. The van der Waals surface area contributed by atoms with Crippen LogP contribution < -0.4 is 4.90 Å². The maximum absolute atomic E-state index is 12.3. The minimum absolute atomic E-state index is 0.0154. The molecule has 6 heteroatoms. The summed E-state index contributed by atoms with van der Waals surface area (Å²) in [6.07, 6.45) is 1.36. The molecule has 20 heavy (non-hydrogen) atoms. The van der Waals surface area contributed by atoms with E-state index in [0.29, 0.717) is 5.69 Å². The van der Waals surface area contributed by atoms with Crippen molar-refractivity contribution in [2.24, 2.45) is 0 Å². The Morgan fingerprint density at radius 1 is 1.20 bits per heavy atom. The number of carboxylic acid groups (broad SMARTS) is 1. The Morgan fingerprint density at radius 3 is 2.60 bits per heavy atom. The van der Waals surface area contributed by atoms with Gasteiger partial charge in [-0.2, -0.15) is 0 Å². The van der Waals surface area contributed by atoms with Crippen molar-refractivity contribution in [3.63, 3.8) is 0 Å². The van der Waals surface area contributed by atoms with Gasteiger partial charge in [-0.05, 0) is 24.3 Å². The molecule has 1 aromatic carbocycles. The molecule has 0 saturated carbocycles. The number of phenolic OH excluding ortho intramolecular Hbond substituents is 1. The van der Waals surface area contributed by atoms with E-state index >= 15 is 0 Å². The second-order valence-corrected chi connectivity index (χ2v) is 4.09. The lowest BCUT2D eigenvalue weighted by atomic mass is 10.1. The van der Waals surface area contributed by atoms with Crippen molar-refractivity contribution in [1.82, 2.24) is 4.98 Å². The summed E-state index contributed by atoms with van der Waals surface area (Å²) in [6.45, 7) is 0. The van der Waals surface area contributed by atoms with Crippen LogP contribution in [-0.4, -0.2) is 34.1 Å². The molecule has 1 aromatic heterocycles. The van der Waals surface area contributed by atoms with E-state index in [-0.39, 0.29) is 17.0 Å². The average Bonchev–Trinajstić information content (AvgIpc) is 2.45. The molecular formula is C14H12N2O4. The zero-order valence-corrected chi connectivity index (χ0v) is 10.6. The van der Waals surface area contributed by atoms with E-state index < -0.39 is 11.9 Å². The highest BCUT2D eigenvalue weighted by molar-refractivity contribution is 6.10. The summed E-state index contributed by atoms with van der Waals surface area (Å²) >= 11 is 0. The highest BCUT2D eigenvalue weighted by Crippen LogP contribution is 2.21. The molecule has 0 radical (unpaired) electrons. The highest BCUT2D eigenvalue weighted by Gasteiger charge is 2.21. The van der Waals surface area contributed by atoms with Gasteiger partial charge in [-0.3, -0.25) is 9.78 Å². The predicted octanol–water partition coefficient (Wildman–Crippen LogP) is 1.76. The number of hydrogen-bond acceptors (Lipinski definition) is 4. The minimum atomic E-state index is -1.22. The zero-order chi connectivity index (χ0) is 14.7. The number of aromatic hydroxyl groups is 1. The van der Waals surface area contributed by atoms with Gasteiger partial charge >= 0.3 is 5.97 Å². The van der Waals surface area contributed by atoms with Crippen LogP contribution in [0.25, 0.3) is 0 Å². The molecule has 0 aliphatic carbocycles. The number of aromatic carboxylic acids is 1. The van der Waals surface area contributed by atoms with Crippen molar-refractivity contribution in [2.45, 2.75) is 0 Å². The van der Waals surface area contributed by atoms with E-state index in [0.717, 1.165) is 0 Å². The predicted molar refractivity (Wildman–Crippen MR) is 72.0 cm³/mol. The summed E-state index contributed by atoms with van der Waals surface area (Å²) in [5, 5.41) is 18.5. The Kier molecular flexibility index (Phi) is 3.65. The summed E-state index contributed by atoms with van der Waals surface area (Å²) in [7, 11) is 1.48. The number of phenols is 1. The number of rotatable bonds is 3. The smallest absolute Gasteiger partial charge is 0.338 e. The van der Waals surface area contributed by atoms with E-state index in [9.17, 15) is 14.7 Å². The van der Waals surface area contributed by atoms with Crippen LogP contribution in [0, 0.1) is 0 Å². The maximum atomic E-state index is 12.3. The number of carboxylic acids is 1. The molecular weight excluding hydrogens is 260 g/mol. The van der Waals surface area contributed by atoms with Gasteiger partial charge < -0.3 is 15.1 Å². The molecule has 2 rings (SSSR count). The molecule has 102 valence electrons. The van der Waals surface area contributed by atoms with Gasteiger partial charge in [-0.15, -0.1) is 0 Å². The summed E-state index contributed by atoms with van der Waals surface area (Å²) in [4.78, 5) is 28.5. The summed E-state index contributed by atoms with van der Waals surface area (Å²) in [5.41, 5.74) is 0.132. The van der Waals surface area contributed by atoms with Crippen molar-refractivity contribution < 1.29 is 19.8 Å². The van der Waals surface area contributed by atoms with Crippen molar-refractivity contribution in [2.75, 3.05) is 11.9 Å². The molecule has 0 atom stereocenters. The molecule has 0 aliphatic rings. The molecule has 1 amide bonds. The molecule has 0 spiro atoms. The molecule has 0 bridgehead atoms. The number of amides is 1. The molecule has 0 saturated heterocycles. The quantitative estimate of drug-likeness (QED) is 0.888. The molecule has 2 aromatic rings. The number of carbonyl (C=O) groups excluding carboxylic acids is 1. The molecule has 0 unspecified atom stereocenters. The van der Waals surface area contributed by atoms with Gasteiger partial charge in [0.2, 0.25) is 0 Å². The van der Waals surface area contributed by atoms with Gasteiger partial charge in [-0.1, -0.05) is 6.07 Å². The van der Waals surface area contributed by atoms with Crippen LogP contribution in [0.3, 0.4) is 0 Å². The monoisotopic (exact) mass is 272 g/mol. The first-order valence-corrected chi connectivity index (χ1v) is 5.76. The molecule has 0 aliphatic heterocycles. The zero-order valence-electron chi connectivity index (χ0n) is 10.6. The average molecular weight is 272 g/mol. The Hall–Kier alpha value is -2.89. The first kappa shape index (κ1) is 13.5. The van der Waals surface area contributed by atoms with Crippen molar-refractivity contribution in [3.8, 4) is 5.75 Å². The third-order valence-corrected chi connectivity index (χ3v) is 2.76. The van der Waals surface area contributed by atoms with Crippen LogP contribution >= 0.6 is 0 Å². The van der Waals surface area contributed by atoms with Gasteiger partial charge in [0, 0.05) is 25.0 Å². The fourth-order valence-corrected chi connectivity index (χ4v) is 1.73. The number of pyridine rings is 1. The Balaban J connectivity index is 2.39. The molecule has 1 heterocycles. The summed E-state index contributed by atoms with van der Waals surface area (Å²) in [5.74, 6) is -1.76. The Morgan fingerprint density at radius 2 is 1.95 bits per heavy atom. The number of nitrogens with zero attached hydrogens (tertiary/aromatic N) is 2. The Bertz CT molecular complexity index is 670. The largest absolute Gasteiger partial charge is 0.508 e. The Labute approximate surface area is 114 Å². The van der Waals surface area contributed by atoms with Gasteiger partial charge in [0.25, 0.3) is 5.91 Å². The highest BCUT2D eigenvalue weighted by atomic mass is 16.4. The lowest BCUT2D eigenvalue weighted by Crippen LogP contribution is -2.28. The van der Waals surface area contributed by atoms with E-state index in [4.69, 9.17) is 5.11 Å². The molecule has 2 N–H and O–H groups in total. The van der Waals surface area contributed by atoms with E-state index in [1.807, 2.05) is 0 Å². The first-order valence-electron chi connectivity index (χ1n) is 5.76. The van der Waals surface area contributed by atoms with Crippen LogP contribution in [0.1, 0.15) is 20.8 Å². The normalized spacial score (nSPS) is 10.1. The standard InChI is InChI=1S/C14H12N2O4/c1-16(9-4-2-5-10(17)8-9)13(18)12-11(14(19)20)6-3-7-15-12/h2-8,17H,1H3,(H,19,20). The van der Waals surface area contributed by atoms with Gasteiger partial charge in [0.05, 0.1) is 5.56 Å². The van der Waals surface area contributed by atoms with Gasteiger partial charge in [-0.25, -0.2) is 4.79 Å². The number of aromatic nitrogens is 1. The number of anilines is 1. The number of carbonyl (C=O) groups is 2. The second-order valence-electron chi connectivity index (χ2n) is 4.09. The third kappa shape index (κ3) is 2.59. The van der Waals surface area contributed by atoms with Gasteiger partial charge in [0.1, 0.15) is 11.4 Å². The first-order chi connectivity index (χ1) is 9.50. The molecule has 6 nitrogen and oxygen atoms in total. The number of hydrogen-bond donors (Lipinski definition) is 2. The lowest BCUT2D eigenvalue weighted by Gasteiger charge is -2.17. The van der Waals surface area contributed by atoms with Crippen LogP contribution in [-0.2, 0) is 0 Å². The molecule has 0 fully saturated rings. The van der Waals surface area contributed by atoms with E-state index in [2.05, 4.69) is 4.98 Å². The van der Waals surface area contributed by atoms with Crippen LogP contribution in [0.15, 0.2) is 42.6 Å². The van der Waals surface area contributed by atoms with Crippen molar-refractivity contribution >= 4 is 17.6 Å². The number of benzene rings is 1.